The fourth-order valence-electron chi connectivity index (χ4n) is 9.80. The number of fused-ring (bicyclic) bond motifs is 7. The number of nitrogens with zero attached hydrogens (tertiary/aromatic N) is 2. The molecule has 302 valence electrons. The van der Waals surface area contributed by atoms with E-state index in [0.29, 0.717) is 5.84 Å². The molecule has 3 nitrogen and oxygen atoms in total. The maximum atomic E-state index is 6.68. The van der Waals surface area contributed by atoms with Gasteiger partial charge in [0.15, 0.2) is 5.84 Å². The molecule has 1 aliphatic rings. The fraction of sp³-hybridized carbons (Fsp3) is 0.0492. The summed E-state index contributed by atoms with van der Waals surface area (Å²) >= 11 is 0. The summed E-state index contributed by atoms with van der Waals surface area (Å²) in [5.74, 6) is 0.712. The van der Waals surface area contributed by atoms with Gasteiger partial charge in [0.1, 0.15) is 11.2 Å². The highest BCUT2D eigenvalue weighted by molar-refractivity contribution is 6.22. The third-order valence-corrected chi connectivity index (χ3v) is 13.0. The van der Waals surface area contributed by atoms with Gasteiger partial charge in [-0.15, -0.1) is 0 Å². The van der Waals surface area contributed by atoms with E-state index in [-0.39, 0.29) is 0 Å². The Bertz CT molecular complexity index is 3720. The van der Waals surface area contributed by atoms with E-state index in [1.165, 1.54) is 38.2 Å². The summed E-state index contributed by atoms with van der Waals surface area (Å²) in [6, 6.07) is 75.8. The number of rotatable bonds is 6. The first-order valence-electron chi connectivity index (χ1n) is 22.1. The zero-order valence-electron chi connectivity index (χ0n) is 35.4. The minimum absolute atomic E-state index is 0.712. The summed E-state index contributed by atoms with van der Waals surface area (Å²) in [6.45, 7) is 2.25. The molecule has 0 bridgehead atoms. The third kappa shape index (κ3) is 6.53. The first-order valence-corrected chi connectivity index (χ1v) is 22.1. The summed E-state index contributed by atoms with van der Waals surface area (Å²) in [4.78, 5) is 11.2. The van der Waals surface area contributed by atoms with Crippen molar-refractivity contribution in [3.63, 3.8) is 0 Å². The largest absolute Gasteiger partial charge is 0.456 e. The number of aliphatic imine (C=N–C) groups is 2. The second-order valence-corrected chi connectivity index (χ2v) is 16.8. The lowest BCUT2D eigenvalue weighted by atomic mass is 9.91. The van der Waals surface area contributed by atoms with Crippen LogP contribution >= 0.6 is 0 Å². The van der Waals surface area contributed by atoms with Crippen molar-refractivity contribution >= 4 is 71.5 Å². The normalized spacial score (nSPS) is 14.5. The van der Waals surface area contributed by atoms with Crippen LogP contribution in [-0.4, -0.2) is 11.5 Å². The summed E-state index contributed by atoms with van der Waals surface area (Å²) in [5.41, 5.74) is 15.2. The van der Waals surface area contributed by atoms with E-state index < -0.39 is 0 Å². The molecule has 0 amide bonds. The first-order chi connectivity index (χ1) is 31.6. The van der Waals surface area contributed by atoms with Gasteiger partial charge in [-0.05, 0) is 133 Å². The van der Waals surface area contributed by atoms with Crippen molar-refractivity contribution in [1.29, 1.82) is 0 Å². The van der Waals surface area contributed by atoms with Gasteiger partial charge in [0.25, 0.3) is 0 Å². The first kappa shape index (κ1) is 37.6. The molecule has 12 rings (SSSR count). The Morgan fingerprint density at radius 2 is 0.953 bits per heavy atom. The van der Waals surface area contributed by atoms with Gasteiger partial charge >= 0.3 is 0 Å². The van der Waals surface area contributed by atoms with Crippen LogP contribution in [0, 0.1) is 0 Å². The topological polar surface area (TPSA) is 37.9 Å². The molecule has 0 N–H and O–H groups in total. The monoisotopic (exact) mass is 818 g/mol. The molecule has 64 heavy (non-hydrogen) atoms. The van der Waals surface area contributed by atoms with Crippen LogP contribution in [0.3, 0.4) is 0 Å². The van der Waals surface area contributed by atoms with E-state index in [1.54, 1.807) is 0 Å². The average Bonchev–Trinajstić information content (AvgIpc) is 3.74. The summed E-state index contributed by atoms with van der Waals surface area (Å²) in [5, 5.41) is 9.31. The number of furan rings is 1. The van der Waals surface area contributed by atoms with Crippen LogP contribution in [0.5, 0.6) is 0 Å². The average molecular weight is 819 g/mol. The van der Waals surface area contributed by atoms with Crippen LogP contribution in [-0.2, 0) is 0 Å². The van der Waals surface area contributed by atoms with E-state index in [2.05, 4.69) is 219 Å². The molecule has 0 saturated carbocycles. The summed E-state index contributed by atoms with van der Waals surface area (Å²) in [6.07, 6.45) is 1.65. The predicted octanol–water partition coefficient (Wildman–Crippen LogP) is 16.5. The maximum absolute atomic E-state index is 6.68. The van der Waals surface area contributed by atoms with Crippen molar-refractivity contribution in [1.82, 2.24) is 0 Å². The molecule has 2 heterocycles. The molecular formula is C61H42N2O. The van der Waals surface area contributed by atoms with Crippen LogP contribution in [0.25, 0.3) is 93.3 Å². The fourth-order valence-corrected chi connectivity index (χ4v) is 9.80. The lowest BCUT2D eigenvalue weighted by Gasteiger charge is -2.19. The van der Waals surface area contributed by atoms with Gasteiger partial charge in [-0.2, -0.15) is 0 Å². The highest BCUT2D eigenvalue weighted by Gasteiger charge is 2.22. The van der Waals surface area contributed by atoms with Gasteiger partial charge in [-0.25, -0.2) is 9.98 Å². The third-order valence-electron chi connectivity index (χ3n) is 13.0. The van der Waals surface area contributed by atoms with Crippen LogP contribution in [0.4, 0.5) is 0 Å². The van der Waals surface area contributed by atoms with E-state index in [0.717, 1.165) is 95.9 Å². The van der Waals surface area contributed by atoms with Gasteiger partial charge in [0.2, 0.25) is 0 Å². The molecule has 0 fully saturated rings. The number of hydrogen-bond acceptors (Lipinski definition) is 3. The zero-order valence-corrected chi connectivity index (χ0v) is 35.4. The smallest absolute Gasteiger partial charge is 0.160 e. The van der Waals surface area contributed by atoms with E-state index in [9.17, 15) is 0 Å². The number of amidine groups is 1. The van der Waals surface area contributed by atoms with Crippen molar-refractivity contribution in [3.05, 3.63) is 235 Å². The van der Waals surface area contributed by atoms with E-state index >= 15 is 0 Å². The predicted molar refractivity (Wildman–Crippen MR) is 270 cm³/mol. The molecule has 11 aromatic rings. The molecule has 0 radical (unpaired) electrons. The lowest BCUT2D eigenvalue weighted by Crippen LogP contribution is -2.11. The second kappa shape index (κ2) is 15.6. The van der Waals surface area contributed by atoms with E-state index in [1.807, 2.05) is 0 Å². The lowest BCUT2D eigenvalue weighted by molar-refractivity contribution is 0.669. The molecule has 3 heteroatoms. The van der Waals surface area contributed by atoms with Crippen LogP contribution < -0.4 is 0 Å². The van der Waals surface area contributed by atoms with Crippen molar-refractivity contribution in [2.24, 2.45) is 9.98 Å². The molecule has 0 saturated heterocycles. The SMILES string of the molecule is C/C1=C(/c2cc3ccccc3c3ccccc23)N=C(c2ccc(-c3cccc4oc5cc(-c6cccc(-c7ccccc7)c6)ccc5c34)c3ccccc23)N=C(c2ccccc2)CC1. The Kier molecular flexibility index (Phi) is 9.19. The number of benzene rings is 10. The van der Waals surface area contributed by atoms with Crippen molar-refractivity contribution in [3.8, 4) is 33.4 Å². The van der Waals surface area contributed by atoms with Gasteiger partial charge < -0.3 is 4.42 Å². The Morgan fingerprint density at radius 3 is 1.73 bits per heavy atom. The van der Waals surface area contributed by atoms with Crippen molar-refractivity contribution in [2.45, 2.75) is 19.8 Å². The summed E-state index contributed by atoms with van der Waals surface area (Å²) in [7, 11) is 0. The molecule has 10 aromatic carbocycles. The summed E-state index contributed by atoms with van der Waals surface area (Å²) < 4.78 is 6.68. The van der Waals surface area contributed by atoms with Gasteiger partial charge in [0.05, 0.1) is 11.4 Å². The van der Waals surface area contributed by atoms with Crippen molar-refractivity contribution in [2.75, 3.05) is 0 Å². The van der Waals surface area contributed by atoms with Gasteiger partial charge in [0, 0.05) is 21.9 Å². The molecule has 1 aliphatic heterocycles. The van der Waals surface area contributed by atoms with Gasteiger partial charge in [-0.3, -0.25) is 0 Å². The van der Waals surface area contributed by atoms with Crippen molar-refractivity contribution < 1.29 is 4.42 Å². The molecule has 0 atom stereocenters. The van der Waals surface area contributed by atoms with Crippen LogP contribution in [0.2, 0.25) is 0 Å². The Balaban J connectivity index is 1.03. The Morgan fingerprint density at radius 1 is 0.359 bits per heavy atom. The number of hydrogen-bond donors (Lipinski definition) is 0. The quantitative estimate of drug-likeness (QED) is 0.154. The highest BCUT2D eigenvalue weighted by Crippen LogP contribution is 2.42. The Hall–Kier alpha value is -8.14. The minimum atomic E-state index is 0.712. The highest BCUT2D eigenvalue weighted by atomic mass is 16.3. The minimum Gasteiger partial charge on any atom is -0.456 e. The number of allylic oxidation sites excluding steroid dienone is 1. The molecule has 0 aliphatic carbocycles. The van der Waals surface area contributed by atoms with Gasteiger partial charge in [-0.1, -0.05) is 176 Å². The zero-order chi connectivity index (χ0) is 42.6. The standard InChI is InChI=1S/C61H42N2O/c1-39-30-35-56(41-18-6-3-7-19-41)62-61(63-60(39)55-37-45-20-8-9-23-46(45)47-24-10-13-27-50(47)55)53-34-33-51(48-25-11-12-26-49(48)53)52-28-15-29-57-59(52)54-32-31-44(38-58(54)64-57)43-22-14-21-42(36-43)40-16-4-2-5-17-40/h2-29,31-34,36-38H,30,35H2,1H3/b60-39+,62-56?,63-61?. The molecule has 0 unspecified atom stereocenters. The van der Waals surface area contributed by atoms with E-state index in [4.69, 9.17) is 14.4 Å². The maximum Gasteiger partial charge on any atom is 0.160 e. The molecule has 0 spiro atoms. The second-order valence-electron chi connectivity index (χ2n) is 16.8. The van der Waals surface area contributed by atoms with Crippen LogP contribution in [0.15, 0.2) is 232 Å². The van der Waals surface area contributed by atoms with Crippen LogP contribution in [0.1, 0.15) is 36.5 Å². The molecular weight excluding hydrogens is 777 g/mol. The molecule has 1 aromatic heterocycles. The Labute approximate surface area is 372 Å².